The average molecular weight is 521 g/mol. The van der Waals surface area contributed by atoms with Crippen molar-refractivity contribution in [1.82, 2.24) is 0 Å². The lowest BCUT2D eigenvalue weighted by molar-refractivity contribution is -0.302. The Kier molecular flexibility index (Phi) is 8.55. The number of phenols is 1. The molecule has 0 aromatic heterocycles. The second-order valence-corrected chi connectivity index (χ2v) is 8.83. The molecule has 202 valence electrons. The standard InChI is InChI=1S/C26H32O11/c1-33-18-10-14(5-6-17(18)29)24-16(12-35-26-23(32)22(31)21(30)20(11-28)36-26)15-8-13(4-3-7-27)9-19(34-2)25(15)37-24/h3-6,8-10,16,20-24,26-32H,7,11-12H2,1-2H3/b4-3+/t16-,20+,21+,22-,23+,24+,26+/m0/s1. The monoisotopic (exact) mass is 520 g/mol. The van der Waals surface area contributed by atoms with Gasteiger partial charge >= 0.3 is 0 Å². The Labute approximate surface area is 213 Å². The number of benzene rings is 2. The number of hydrogen-bond acceptors (Lipinski definition) is 11. The normalized spacial score (nSPS) is 29.2. The van der Waals surface area contributed by atoms with Crippen LogP contribution in [-0.2, 0) is 9.47 Å². The van der Waals surface area contributed by atoms with E-state index >= 15 is 0 Å². The van der Waals surface area contributed by atoms with Crippen molar-refractivity contribution >= 4 is 6.08 Å². The maximum Gasteiger partial charge on any atom is 0.186 e. The molecule has 37 heavy (non-hydrogen) atoms. The molecule has 4 rings (SSSR count). The SMILES string of the molecule is COc1cc([C@H]2Oc3c(OC)cc(/C=C/CO)cc3[C@@H]2CO[C@@H]2O[C@H](CO)[C@@H](O)[C@H](O)[C@H]2O)ccc1O. The zero-order chi connectivity index (χ0) is 26.7. The molecule has 6 N–H and O–H groups in total. The van der Waals surface area contributed by atoms with Gasteiger partial charge in [0.15, 0.2) is 29.3 Å². The van der Waals surface area contributed by atoms with Gasteiger partial charge in [0.25, 0.3) is 0 Å². The number of fused-ring (bicyclic) bond motifs is 1. The lowest BCUT2D eigenvalue weighted by Crippen LogP contribution is -2.59. The van der Waals surface area contributed by atoms with Gasteiger partial charge in [-0.1, -0.05) is 18.2 Å². The number of phenolic OH excluding ortho intramolecular Hbond substituents is 1. The van der Waals surface area contributed by atoms with E-state index in [-0.39, 0.29) is 24.7 Å². The minimum Gasteiger partial charge on any atom is -0.504 e. The number of hydrogen-bond donors (Lipinski definition) is 6. The van der Waals surface area contributed by atoms with Crippen LogP contribution in [-0.4, -0.2) is 95.4 Å². The number of aliphatic hydroxyl groups is 5. The molecule has 1 saturated heterocycles. The summed E-state index contributed by atoms with van der Waals surface area (Å²) in [5, 5.41) is 59.4. The van der Waals surface area contributed by atoms with Crippen LogP contribution in [0.2, 0.25) is 0 Å². The molecule has 2 aliphatic rings. The van der Waals surface area contributed by atoms with E-state index in [1.54, 1.807) is 30.4 Å². The molecule has 11 nitrogen and oxygen atoms in total. The average Bonchev–Trinajstić information content (AvgIpc) is 3.28. The first kappa shape index (κ1) is 27.1. The third kappa shape index (κ3) is 5.39. The summed E-state index contributed by atoms with van der Waals surface area (Å²) in [5.74, 6) is 0.673. The van der Waals surface area contributed by atoms with E-state index in [4.69, 9.17) is 23.7 Å². The van der Waals surface area contributed by atoms with E-state index in [9.17, 15) is 30.6 Å². The van der Waals surface area contributed by atoms with Crippen LogP contribution >= 0.6 is 0 Å². The summed E-state index contributed by atoms with van der Waals surface area (Å²) in [6.45, 7) is -0.775. The van der Waals surface area contributed by atoms with Crippen LogP contribution in [0.1, 0.15) is 28.7 Å². The summed E-state index contributed by atoms with van der Waals surface area (Å²) in [7, 11) is 2.94. The van der Waals surface area contributed by atoms with Gasteiger partial charge in [0.05, 0.1) is 40.0 Å². The van der Waals surface area contributed by atoms with Gasteiger partial charge in [-0.2, -0.15) is 0 Å². The third-order valence-corrected chi connectivity index (χ3v) is 6.57. The van der Waals surface area contributed by atoms with Gasteiger partial charge in [-0.05, 0) is 35.4 Å². The quantitative estimate of drug-likeness (QED) is 0.272. The van der Waals surface area contributed by atoms with Gasteiger partial charge in [-0.3, -0.25) is 0 Å². The number of methoxy groups -OCH3 is 2. The highest BCUT2D eigenvalue weighted by atomic mass is 16.7. The lowest BCUT2D eigenvalue weighted by Gasteiger charge is -2.40. The highest BCUT2D eigenvalue weighted by Crippen LogP contribution is 2.52. The van der Waals surface area contributed by atoms with Crippen LogP contribution in [0.15, 0.2) is 36.4 Å². The zero-order valence-electron chi connectivity index (χ0n) is 20.4. The molecular formula is C26H32O11. The van der Waals surface area contributed by atoms with Crippen molar-refractivity contribution in [3.63, 3.8) is 0 Å². The maximum atomic E-state index is 10.4. The van der Waals surface area contributed by atoms with Gasteiger partial charge in [-0.15, -0.1) is 0 Å². The molecule has 0 spiro atoms. The molecule has 2 aromatic carbocycles. The smallest absolute Gasteiger partial charge is 0.186 e. The predicted octanol–water partition coefficient (Wildman–Crippen LogP) is 0.449. The van der Waals surface area contributed by atoms with Crippen molar-refractivity contribution in [3.05, 3.63) is 53.1 Å². The fourth-order valence-corrected chi connectivity index (χ4v) is 4.61. The first-order chi connectivity index (χ1) is 17.8. The second-order valence-electron chi connectivity index (χ2n) is 8.83. The summed E-state index contributed by atoms with van der Waals surface area (Å²) in [6, 6.07) is 8.45. The topological polar surface area (TPSA) is 168 Å². The highest BCUT2D eigenvalue weighted by Gasteiger charge is 2.45. The molecule has 0 bridgehead atoms. The molecule has 0 amide bonds. The van der Waals surface area contributed by atoms with Gasteiger partial charge in [0.1, 0.15) is 30.5 Å². The number of aliphatic hydroxyl groups excluding tert-OH is 5. The van der Waals surface area contributed by atoms with Crippen LogP contribution in [0, 0.1) is 0 Å². The molecule has 7 atom stereocenters. The van der Waals surface area contributed by atoms with E-state index in [0.717, 1.165) is 11.1 Å². The van der Waals surface area contributed by atoms with Crippen LogP contribution in [0.25, 0.3) is 6.08 Å². The summed E-state index contributed by atoms with van der Waals surface area (Å²) in [4.78, 5) is 0. The molecule has 0 unspecified atom stereocenters. The molecule has 2 heterocycles. The summed E-state index contributed by atoms with van der Waals surface area (Å²) in [6.07, 6.45) is -4.38. The summed E-state index contributed by atoms with van der Waals surface area (Å²) >= 11 is 0. The van der Waals surface area contributed by atoms with Crippen LogP contribution in [0.4, 0.5) is 0 Å². The first-order valence-electron chi connectivity index (χ1n) is 11.8. The van der Waals surface area contributed by atoms with Crippen LogP contribution in [0.3, 0.4) is 0 Å². The van der Waals surface area contributed by atoms with Gasteiger partial charge in [-0.25, -0.2) is 0 Å². The minimum atomic E-state index is -1.57. The Morgan fingerprint density at radius 3 is 2.38 bits per heavy atom. The summed E-state index contributed by atoms with van der Waals surface area (Å²) in [5.41, 5.74) is 2.14. The maximum absolute atomic E-state index is 10.4. The van der Waals surface area contributed by atoms with Crippen molar-refractivity contribution in [2.75, 3.05) is 34.0 Å². The second kappa shape index (κ2) is 11.7. The molecule has 0 radical (unpaired) electrons. The fraction of sp³-hybridized carbons (Fsp3) is 0.462. The van der Waals surface area contributed by atoms with Crippen LogP contribution in [0.5, 0.6) is 23.0 Å². The van der Waals surface area contributed by atoms with E-state index in [0.29, 0.717) is 17.1 Å². The highest BCUT2D eigenvalue weighted by molar-refractivity contribution is 5.62. The Balaban J connectivity index is 1.70. The van der Waals surface area contributed by atoms with Crippen molar-refractivity contribution < 1.29 is 54.3 Å². The van der Waals surface area contributed by atoms with Crippen molar-refractivity contribution in [2.45, 2.75) is 42.7 Å². The van der Waals surface area contributed by atoms with Gasteiger partial charge < -0.3 is 54.3 Å². The number of aromatic hydroxyl groups is 1. The largest absolute Gasteiger partial charge is 0.504 e. The van der Waals surface area contributed by atoms with Gasteiger partial charge in [0.2, 0.25) is 0 Å². The molecular weight excluding hydrogens is 488 g/mol. The molecule has 0 aliphatic carbocycles. The van der Waals surface area contributed by atoms with Crippen molar-refractivity contribution in [3.8, 4) is 23.0 Å². The zero-order valence-corrected chi connectivity index (χ0v) is 20.4. The van der Waals surface area contributed by atoms with E-state index in [1.807, 2.05) is 6.07 Å². The molecule has 0 saturated carbocycles. The third-order valence-electron chi connectivity index (χ3n) is 6.57. The Hall–Kier alpha value is -2.90. The van der Waals surface area contributed by atoms with E-state index in [2.05, 4.69) is 0 Å². The summed E-state index contributed by atoms with van der Waals surface area (Å²) < 4.78 is 28.5. The number of rotatable bonds is 9. The number of ether oxygens (including phenoxy) is 5. The Bertz CT molecular complexity index is 1100. The van der Waals surface area contributed by atoms with Crippen molar-refractivity contribution in [1.29, 1.82) is 0 Å². The molecule has 2 aromatic rings. The fourth-order valence-electron chi connectivity index (χ4n) is 4.61. The molecule has 1 fully saturated rings. The minimum absolute atomic E-state index is 0.0371. The predicted molar refractivity (Wildman–Crippen MR) is 130 cm³/mol. The van der Waals surface area contributed by atoms with Crippen molar-refractivity contribution in [2.24, 2.45) is 0 Å². The first-order valence-corrected chi connectivity index (χ1v) is 11.8. The Morgan fingerprint density at radius 2 is 1.70 bits per heavy atom. The molecule has 2 aliphatic heterocycles. The lowest BCUT2D eigenvalue weighted by atomic mass is 9.90. The molecule has 11 heteroatoms. The Morgan fingerprint density at radius 1 is 0.946 bits per heavy atom. The van der Waals surface area contributed by atoms with Gasteiger partial charge in [0, 0.05) is 5.56 Å². The van der Waals surface area contributed by atoms with Crippen LogP contribution < -0.4 is 14.2 Å². The van der Waals surface area contributed by atoms with E-state index < -0.39 is 49.3 Å². The van der Waals surface area contributed by atoms with E-state index in [1.165, 1.54) is 20.3 Å².